The summed E-state index contributed by atoms with van der Waals surface area (Å²) in [6.07, 6.45) is 4.72. The smallest absolute Gasteiger partial charge is 0.274 e. The number of benzene rings is 1. The molecule has 0 aliphatic heterocycles. The van der Waals surface area contributed by atoms with Crippen LogP contribution in [-0.4, -0.2) is 27.8 Å². The number of rotatable bonds is 7. The lowest BCUT2D eigenvalue weighted by Gasteiger charge is -2.04. The molecule has 0 unspecified atom stereocenters. The number of hydrogen-bond acceptors (Lipinski definition) is 7. The highest BCUT2D eigenvalue weighted by Crippen LogP contribution is 2.20. The minimum Gasteiger partial charge on any atom is -0.497 e. The number of nitrogens with one attached hydrogen (secondary N) is 1. The van der Waals surface area contributed by atoms with Gasteiger partial charge in [0.15, 0.2) is 5.76 Å². The molecule has 1 N–H and O–H groups in total. The number of carbonyl (C=O) groups is 1. The molecule has 0 aliphatic carbocycles. The Balaban J connectivity index is 1.57. The van der Waals surface area contributed by atoms with Gasteiger partial charge in [-0.15, -0.1) is 16.4 Å². The van der Waals surface area contributed by atoms with Gasteiger partial charge in [-0.25, -0.2) is 0 Å². The summed E-state index contributed by atoms with van der Waals surface area (Å²) >= 11 is 1.62. The molecule has 29 heavy (non-hydrogen) atoms. The van der Waals surface area contributed by atoms with Crippen LogP contribution in [0.15, 0.2) is 70.7 Å². The molecule has 0 radical (unpaired) electrons. The van der Waals surface area contributed by atoms with Crippen LogP contribution in [0.25, 0.3) is 17.7 Å². The van der Waals surface area contributed by atoms with Crippen molar-refractivity contribution in [1.82, 2.24) is 14.8 Å². The predicted octanol–water partition coefficient (Wildman–Crippen LogP) is 4.57. The van der Waals surface area contributed by atoms with E-state index in [1.807, 2.05) is 41.8 Å². The number of carbonyl (C=O) groups excluding carboxylic acids is 1. The van der Waals surface area contributed by atoms with Crippen molar-refractivity contribution >= 4 is 29.3 Å². The van der Waals surface area contributed by atoms with Gasteiger partial charge in [-0.3, -0.25) is 4.79 Å². The molecular weight excluding hydrogens is 388 g/mol. The number of methoxy groups -OCH3 is 1. The first-order valence-corrected chi connectivity index (χ1v) is 9.74. The Morgan fingerprint density at radius 1 is 1.24 bits per heavy atom. The highest BCUT2D eigenvalue weighted by molar-refractivity contribution is 7.09. The largest absolute Gasteiger partial charge is 0.497 e. The van der Waals surface area contributed by atoms with Crippen molar-refractivity contribution in [2.24, 2.45) is 0 Å². The zero-order valence-electron chi connectivity index (χ0n) is 15.6. The maximum Gasteiger partial charge on any atom is 0.274 e. The van der Waals surface area contributed by atoms with Gasteiger partial charge in [0.05, 0.1) is 19.9 Å². The van der Waals surface area contributed by atoms with Crippen molar-refractivity contribution in [1.29, 1.82) is 0 Å². The fourth-order valence-electron chi connectivity index (χ4n) is 2.62. The number of thiophene rings is 1. The van der Waals surface area contributed by atoms with Crippen LogP contribution < -0.4 is 10.1 Å². The zero-order chi connectivity index (χ0) is 20.1. The maximum absolute atomic E-state index is 12.8. The van der Waals surface area contributed by atoms with E-state index in [1.54, 1.807) is 42.9 Å². The third kappa shape index (κ3) is 4.44. The van der Waals surface area contributed by atoms with E-state index in [9.17, 15) is 4.79 Å². The number of ether oxygens (including phenoxy) is 1. The lowest BCUT2D eigenvalue weighted by atomic mass is 10.2. The highest BCUT2D eigenvalue weighted by atomic mass is 32.1. The number of anilines is 1. The third-order valence-electron chi connectivity index (χ3n) is 4.09. The Kier molecular flexibility index (Phi) is 5.53. The van der Waals surface area contributed by atoms with Crippen molar-refractivity contribution in [3.05, 3.63) is 76.7 Å². The van der Waals surface area contributed by atoms with Gasteiger partial charge in [0.2, 0.25) is 11.8 Å². The average Bonchev–Trinajstić information content (AvgIpc) is 3.52. The second-order valence-corrected chi connectivity index (χ2v) is 7.06. The first-order valence-electron chi connectivity index (χ1n) is 8.86. The number of hydrogen-bond donors (Lipinski definition) is 1. The van der Waals surface area contributed by atoms with E-state index < -0.39 is 0 Å². The van der Waals surface area contributed by atoms with Crippen LogP contribution in [0.1, 0.15) is 15.2 Å². The number of nitrogens with zero attached hydrogens (tertiary/aromatic N) is 3. The lowest BCUT2D eigenvalue weighted by molar-refractivity contribution is 0.0957. The molecule has 3 heterocycles. The monoisotopic (exact) mass is 406 g/mol. The van der Waals surface area contributed by atoms with E-state index in [2.05, 4.69) is 15.4 Å². The zero-order valence-corrected chi connectivity index (χ0v) is 16.4. The molecule has 0 amide bonds. The lowest BCUT2D eigenvalue weighted by Crippen LogP contribution is -2.14. The van der Waals surface area contributed by atoms with Crippen LogP contribution in [0.4, 0.5) is 5.95 Å². The van der Waals surface area contributed by atoms with Crippen molar-refractivity contribution in [3.63, 3.8) is 0 Å². The van der Waals surface area contributed by atoms with E-state index >= 15 is 0 Å². The summed E-state index contributed by atoms with van der Waals surface area (Å²) in [5.41, 5.74) is 0.874. The van der Waals surface area contributed by atoms with Crippen LogP contribution in [0, 0.1) is 0 Å². The summed E-state index contributed by atoms with van der Waals surface area (Å²) in [6.45, 7) is 0.545. The predicted molar refractivity (Wildman–Crippen MR) is 112 cm³/mol. The Bertz CT molecular complexity index is 1100. The Morgan fingerprint density at radius 2 is 2.10 bits per heavy atom. The third-order valence-corrected chi connectivity index (χ3v) is 4.97. The molecule has 0 atom stereocenters. The standard InChI is InChI=1S/C21H18N4O3S/c1-27-16-9-6-15(7-10-16)8-11-19(26)25-21(22-14-17-4-3-13-29-17)23-20(24-25)18-5-2-12-28-18/h2-13H,14H2,1H3,(H,22,23,24). The minimum absolute atomic E-state index is 0.320. The van der Waals surface area contributed by atoms with Gasteiger partial charge < -0.3 is 14.5 Å². The Morgan fingerprint density at radius 3 is 2.79 bits per heavy atom. The van der Waals surface area contributed by atoms with Gasteiger partial charge in [0, 0.05) is 11.0 Å². The van der Waals surface area contributed by atoms with Gasteiger partial charge in [0.1, 0.15) is 5.75 Å². The van der Waals surface area contributed by atoms with Gasteiger partial charge in [-0.2, -0.15) is 9.67 Å². The van der Waals surface area contributed by atoms with Crippen LogP contribution in [0.3, 0.4) is 0 Å². The molecule has 7 nitrogen and oxygen atoms in total. The van der Waals surface area contributed by atoms with Gasteiger partial charge in [-0.1, -0.05) is 18.2 Å². The summed E-state index contributed by atoms with van der Waals surface area (Å²) in [5.74, 6) is 1.63. The first-order chi connectivity index (χ1) is 14.2. The summed E-state index contributed by atoms with van der Waals surface area (Å²) < 4.78 is 11.8. The number of furan rings is 1. The second-order valence-electron chi connectivity index (χ2n) is 6.03. The van der Waals surface area contributed by atoms with Crippen LogP contribution in [0.2, 0.25) is 0 Å². The van der Waals surface area contributed by atoms with E-state index in [0.29, 0.717) is 24.1 Å². The topological polar surface area (TPSA) is 82.2 Å². The van der Waals surface area contributed by atoms with Gasteiger partial charge >= 0.3 is 0 Å². The minimum atomic E-state index is -0.320. The normalized spacial score (nSPS) is 11.1. The molecule has 0 saturated heterocycles. The molecule has 4 aromatic rings. The number of aromatic nitrogens is 3. The van der Waals surface area contributed by atoms with Crippen molar-refractivity contribution in [3.8, 4) is 17.3 Å². The summed E-state index contributed by atoms with van der Waals surface area (Å²) in [7, 11) is 1.61. The molecule has 0 saturated carbocycles. The molecular formula is C21H18N4O3S. The molecule has 4 rings (SSSR count). The van der Waals surface area contributed by atoms with Gasteiger partial charge in [0.25, 0.3) is 5.91 Å². The summed E-state index contributed by atoms with van der Waals surface area (Å²) in [6, 6.07) is 14.9. The quantitative estimate of drug-likeness (QED) is 0.453. The molecule has 3 aromatic heterocycles. The molecule has 1 aromatic carbocycles. The molecule has 0 fully saturated rings. The van der Waals surface area contributed by atoms with E-state index in [4.69, 9.17) is 9.15 Å². The molecule has 0 aliphatic rings. The fourth-order valence-corrected chi connectivity index (χ4v) is 3.27. The highest BCUT2D eigenvalue weighted by Gasteiger charge is 2.17. The molecule has 8 heteroatoms. The molecule has 0 spiro atoms. The second kappa shape index (κ2) is 8.57. The maximum atomic E-state index is 12.8. The van der Waals surface area contributed by atoms with Gasteiger partial charge in [-0.05, 0) is 47.4 Å². The van der Waals surface area contributed by atoms with Crippen LogP contribution in [-0.2, 0) is 6.54 Å². The molecule has 146 valence electrons. The number of allylic oxidation sites excluding steroid dienone is 1. The van der Waals surface area contributed by atoms with Crippen LogP contribution >= 0.6 is 11.3 Å². The van der Waals surface area contributed by atoms with Crippen LogP contribution in [0.5, 0.6) is 5.75 Å². The van der Waals surface area contributed by atoms with E-state index in [0.717, 1.165) is 16.2 Å². The Hall–Kier alpha value is -3.65. The van der Waals surface area contributed by atoms with E-state index in [-0.39, 0.29) is 5.91 Å². The van der Waals surface area contributed by atoms with Crippen molar-refractivity contribution < 1.29 is 13.9 Å². The average molecular weight is 406 g/mol. The fraction of sp³-hybridized carbons (Fsp3) is 0.0952. The Labute approximate surface area is 171 Å². The van der Waals surface area contributed by atoms with E-state index in [1.165, 1.54) is 10.8 Å². The molecule has 0 bridgehead atoms. The summed E-state index contributed by atoms with van der Waals surface area (Å²) in [5, 5.41) is 9.50. The first kappa shape index (κ1) is 18.7. The summed E-state index contributed by atoms with van der Waals surface area (Å²) in [4.78, 5) is 18.3. The van der Waals surface area contributed by atoms with Crippen molar-refractivity contribution in [2.45, 2.75) is 6.54 Å². The SMILES string of the molecule is COc1ccc(C=CC(=O)n2nc(-c3ccco3)nc2NCc2cccs2)cc1. The van der Waals surface area contributed by atoms with Crippen molar-refractivity contribution in [2.75, 3.05) is 12.4 Å².